The second kappa shape index (κ2) is 12.6. The predicted octanol–water partition coefficient (Wildman–Crippen LogP) is 2.99. The van der Waals surface area contributed by atoms with Crippen molar-refractivity contribution in [3.63, 3.8) is 0 Å². The molecule has 8 nitrogen and oxygen atoms in total. The van der Waals surface area contributed by atoms with Gasteiger partial charge in [0.25, 0.3) is 0 Å². The quantitative estimate of drug-likeness (QED) is 0.326. The molecule has 2 heterocycles. The Bertz CT molecular complexity index is 934. The summed E-state index contributed by atoms with van der Waals surface area (Å²) >= 11 is 0. The topological polar surface area (TPSA) is 89.5 Å². The van der Waals surface area contributed by atoms with Crippen molar-refractivity contribution in [2.24, 2.45) is 11.8 Å². The molecule has 0 unspecified atom stereocenters. The highest BCUT2D eigenvalue weighted by molar-refractivity contribution is 5.92. The van der Waals surface area contributed by atoms with E-state index >= 15 is 0 Å². The third-order valence-electron chi connectivity index (χ3n) is 5.60. The lowest BCUT2D eigenvalue weighted by Crippen LogP contribution is -2.32. The molecule has 8 heteroatoms. The standard InChI is InChI=1S/C26H30O8/c27-25(33-10-8-29-13-19-15-31-16-19)22-6-4-21(5-7-22)23-2-1-3-24(12-23)26(28)34-11-9-30-14-20-17-32-18-20/h1-7,12,19-20H,8-11,13-18H2. The minimum absolute atomic E-state index is 0.202. The monoisotopic (exact) mass is 470 g/mol. The summed E-state index contributed by atoms with van der Waals surface area (Å²) in [6.07, 6.45) is 0. The van der Waals surface area contributed by atoms with Gasteiger partial charge in [0.2, 0.25) is 0 Å². The summed E-state index contributed by atoms with van der Waals surface area (Å²) in [6.45, 7) is 5.34. The van der Waals surface area contributed by atoms with Crippen molar-refractivity contribution in [3.05, 3.63) is 59.7 Å². The number of ether oxygens (including phenoxy) is 6. The van der Waals surface area contributed by atoms with Crippen molar-refractivity contribution >= 4 is 11.9 Å². The lowest BCUT2D eigenvalue weighted by atomic mass is 10.0. The Morgan fingerprint density at radius 2 is 1.24 bits per heavy atom. The van der Waals surface area contributed by atoms with Crippen LogP contribution in [0, 0.1) is 11.8 Å². The Morgan fingerprint density at radius 3 is 1.76 bits per heavy atom. The maximum absolute atomic E-state index is 12.4. The zero-order valence-electron chi connectivity index (χ0n) is 19.1. The Balaban J connectivity index is 1.20. The van der Waals surface area contributed by atoms with Crippen molar-refractivity contribution in [1.82, 2.24) is 0 Å². The third kappa shape index (κ3) is 7.11. The lowest BCUT2D eigenvalue weighted by Gasteiger charge is -2.25. The van der Waals surface area contributed by atoms with Gasteiger partial charge in [-0.15, -0.1) is 0 Å². The molecule has 34 heavy (non-hydrogen) atoms. The van der Waals surface area contributed by atoms with E-state index in [0.717, 1.165) is 37.6 Å². The highest BCUT2D eigenvalue weighted by atomic mass is 16.6. The maximum Gasteiger partial charge on any atom is 0.338 e. The van der Waals surface area contributed by atoms with Crippen molar-refractivity contribution in [2.45, 2.75) is 0 Å². The second-order valence-corrected chi connectivity index (χ2v) is 8.39. The molecule has 0 aliphatic carbocycles. The van der Waals surface area contributed by atoms with Crippen LogP contribution in [-0.2, 0) is 28.4 Å². The van der Waals surface area contributed by atoms with Crippen molar-refractivity contribution in [1.29, 1.82) is 0 Å². The van der Waals surface area contributed by atoms with Gasteiger partial charge in [0, 0.05) is 11.8 Å². The molecule has 2 aromatic rings. The first-order valence-corrected chi connectivity index (χ1v) is 11.5. The first-order chi connectivity index (χ1) is 16.7. The van der Waals surface area contributed by atoms with Crippen LogP contribution in [0.4, 0.5) is 0 Å². The second-order valence-electron chi connectivity index (χ2n) is 8.39. The number of benzene rings is 2. The minimum Gasteiger partial charge on any atom is -0.460 e. The fourth-order valence-electron chi connectivity index (χ4n) is 3.44. The van der Waals surface area contributed by atoms with Crippen LogP contribution >= 0.6 is 0 Å². The molecule has 2 aromatic carbocycles. The summed E-state index contributed by atoms with van der Waals surface area (Å²) in [5.41, 5.74) is 2.65. The molecule has 2 fully saturated rings. The number of carbonyl (C=O) groups excluding carboxylic acids is 2. The molecule has 0 atom stereocenters. The van der Waals surface area contributed by atoms with Crippen LogP contribution in [0.25, 0.3) is 11.1 Å². The van der Waals surface area contributed by atoms with Crippen LogP contribution in [-0.4, -0.2) is 78.0 Å². The molecule has 2 aliphatic heterocycles. The van der Waals surface area contributed by atoms with E-state index in [4.69, 9.17) is 28.4 Å². The van der Waals surface area contributed by atoms with Crippen molar-refractivity contribution in [3.8, 4) is 11.1 Å². The maximum atomic E-state index is 12.4. The van der Waals surface area contributed by atoms with Crippen LogP contribution in [0.2, 0.25) is 0 Å². The largest absolute Gasteiger partial charge is 0.460 e. The number of esters is 2. The number of rotatable bonds is 13. The first-order valence-electron chi connectivity index (χ1n) is 11.5. The van der Waals surface area contributed by atoms with Gasteiger partial charge in [-0.1, -0.05) is 24.3 Å². The van der Waals surface area contributed by atoms with Crippen LogP contribution in [0.5, 0.6) is 0 Å². The van der Waals surface area contributed by atoms with Gasteiger partial charge in [0.15, 0.2) is 0 Å². The average molecular weight is 471 g/mol. The molecule has 0 N–H and O–H groups in total. The molecule has 2 saturated heterocycles. The van der Waals surface area contributed by atoms with E-state index in [1.165, 1.54) is 0 Å². The van der Waals surface area contributed by atoms with Crippen LogP contribution < -0.4 is 0 Å². The smallest absolute Gasteiger partial charge is 0.338 e. The minimum atomic E-state index is -0.398. The Kier molecular flexibility index (Phi) is 9.04. The third-order valence-corrected chi connectivity index (χ3v) is 5.60. The van der Waals surface area contributed by atoms with Gasteiger partial charge in [-0.3, -0.25) is 0 Å². The van der Waals surface area contributed by atoms with Gasteiger partial charge in [0.05, 0.1) is 64.0 Å². The molecule has 0 amide bonds. The summed E-state index contributed by atoms with van der Waals surface area (Å²) < 4.78 is 31.7. The molecule has 4 rings (SSSR count). The van der Waals surface area contributed by atoms with Crippen LogP contribution in [0.1, 0.15) is 20.7 Å². The SMILES string of the molecule is O=C(OCCOCC1COC1)c1ccc(-c2cccc(C(=O)OCCOCC3COC3)c2)cc1. The highest BCUT2D eigenvalue weighted by Gasteiger charge is 2.19. The van der Waals surface area contributed by atoms with E-state index in [-0.39, 0.29) is 13.2 Å². The normalized spacial score (nSPS) is 15.9. The molecule has 0 saturated carbocycles. The Labute approximate surface area is 199 Å². The van der Waals surface area contributed by atoms with E-state index in [1.54, 1.807) is 30.3 Å². The van der Waals surface area contributed by atoms with Crippen molar-refractivity contribution in [2.75, 3.05) is 66.1 Å². The summed E-state index contributed by atoms with van der Waals surface area (Å²) in [6, 6.07) is 14.3. The van der Waals surface area contributed by atoms with E-state index in [2.05, 4.69) is 0 Å². The molecule has 0 spiro atoms. The van der Waals surface area contributed by atoms with Gasteiger partial charge in [0.1, 0.15) is 13.2 Å². The molecule has 2 aliphatic rings. The number of hydrogen-bond acceptors (Lipinski definition) is 8. The highest BCUT2D eigenvalue weighted by Crippen LogP contribution is 2.22. The molecular formula is C26H30O8. The fraction of sp³-hybridized carbons (Fsp3) is 0.462. The summed E-state index contributed by atoms with van der Waals surface area (Å²) in [4.78, 5) is 24.6. The Morgan fingerprint density at radius 1 is 0.676 bits per heavy atom. The lowest BCUT2D eigenvalue weighted by molar-refractivity contribution is -0.0755. The van der Waals surface area contributed by atoms with Gasteiger partial charge >= 0.3 is 11.9 Å². The molecular weight excluding hydrogens is 440 g/mol. The zero-order chi connectivity index (χ0) is 23.6. The van der Waals surface area contributed by atoms with Gasteiger partial charge in [-0.25, -0.2) is 9.59 Å². The Hall–Kier alpha value is -2.78. The predicted molar refractivity (Wildman–Crippen MR) is 123 cm³/mol. The molecule has 182 valence electrons. The average Bonchev–Trinajstić information content (AvgIpc) is 2.81. The zero-order valence-corrected chi connectivity index (χ0v) is 19.1. The molecule has 0 aromatic heterocycles. The molecule has 0 radical (unpaired) electrons. The first kappa shape index (κ1) is 24.3. The number of hydrogen-bond donors (Lipinski definition) is 0. The van der Waals surface area contributed by atoms with Gasteiger partial charge in [-0.2, -0.15) is 0 Å². The summed E-state index contributed by atoms with van der Waals surface area (Å²) in [5, 5.41) is 0. The fourth-order valence-corrected chi connectivity index (χ4v) is 3.44. The number of carbonyl (C=O) groups is 2. The van der Waals surface area contributed by atoms with E-state index in [0.29, 0.717) is 49.4 Å². The van der Waals surface area contributed by atoms with Gasteiger partial charge in [-0.05, 0) is 35.4 Å². The van der Waals surface area contributed by atoms with E-state index < -0.39 is 11.9 Å². The van der Waals surface area contributed by atoms with Crippen LogP contribution in [0.3, 0.4) is 0 Å². The van der Waals surface area contributed by atoms with Crippen LogP contribution in [0.15, 0.2) is 48.5 Å². The van der Waals surface area contributed by atoms with E-state index in [1.807, 2.05) is 18.2 Å². The van der Waals surface area contributed by atoms with Gasteiger partial charge < -0.3 is 28.4 Å². The summed E-state index contributed by atoms with van der Waals surface area (Å²) in [5.74, 6) is 0.110. The summed E-state index contributed by atoms with van der Waals surface area (Å²) in [7, 11) is 0. The van der Waals surface area contributed by atoms with E-state index in [9.17, 15) is 9.59 Å². The van der Waals surface area contributed by atoms with Crippen molar-refractivity contribution < 1.29 is 38.0 Å². The molecule has 0 bridgehead atoms.